The molecule has 1 unspecified atom stereocenters. The van der Waals surface area contributed by atoms with Crippen molar-refractivity contribution in [3.63, 3.8) is 0 Å². The van der Waals surface area contributed by atoms with Gasteiger partial charge in [0.1, 0.15) is 0 Å². The zero-order valence-corrected chi connectivity index (χ0v) is 12.9. The second-order valence-corrected chi connectivity index (χ2v) is 7.03. The number of nitrogens with two attached hydrogens (primary N) is 1. The molecule has 114 valence electrons. The standard InChI is InChI=1S/C12H27N3O3S/c1-4-15-19(17,18)6-5-14-12(16)8-11(9-13)7-10(2)3/h10-11,15H,4-9,13H2,1-3H3,(H,14,16). The SMILES string of the molecule is CCNS(=O)(=O)CCNC(=O)CC(CN)CC(C)C. The number of hydrogen-bond donors (Lipinski definition) is 3. The Hall–Kier alpha value is -0.660. The summed E-state index contributed by atoms with van der Waals surface area (Å²) < 4.78 is 25.1. The highest BCUT2D eigenvalue weighted by Gasteiger charge is 2.15. The van der Waals surface area contributed by atoms with E-state index in [-0.39, 0.29) is 24.1 Å². The second-order valence-electron chi connectivity index (χ2n) is 5.10. The highest BCUT2D eigenvalue weighted by atomic mass is 32.2. The molecule has 0 aliphatic carbocycles. The number of carbonyl (C=O) groups excluding carboxylic acids is 1. The molecule has 0 aliphatic rings. The fourth-order valence-electron chi connectivity index (χ4n) is 1.88. The first-order valence-electron chi connectivity index (χ1n) is 6.74. The molecule has 1 atom stereocenters. The monoisotopic (exact) mass is 293 g/mol. The molecular weight excluding hydrogens is 266 g/mol. The van der Waals surface area contributed by atoms with Gasteiger partial charge in [-0.15, -0.1) is 0 Å². The largest absolute Gasteiger partial charge is 0.355 e. The van der Waals surface area contributed by atoms with Gasteiger partial charge in [-0.2, -0.15) is 0 Å². The summed E-state index contributed by atoms with van der Waals surface area (Å²) in [6, 6.07) is 0. The number of carbonyl (C=O) groups is 1. The smallest absolute Gasteiger partial charge is 0.220 e. The third-order valence-electron chi connectivity index (χ3n) is 2.67. The summed E-state index contributed by atoms with van der Waals surface area (Å²) in [5.74, 6) is 0.424. The van der Waals surface area contributed by atoms with Crippen LogP contribution in [0, 0.1) is 11.8 Å². The second kappa shape index (κ2) is 9.28. The van der Waals surface area contributed by atoms with Gasteiger partial charge in [-0.25, -0.2) is 13.1 Å². The first-order chi connectivity index (χ1) is 8.80. The summed E-state index contributed by atoms with van der Waals surface area (Å²) >= 11 is 0. The van der Waals surface area contributed by atoms with Crippen molar-refractivity contribution in [1.29, 1.82) is 0 Å². The zero-order valence-electron chi connectivity index (χ0n) is 12.1. The maximum Gasteiger partial charge on any atom is 0.220 e. The molecule has 0 saturated heterocycles. The Morgan fingerprint density at radius 1 is 1.32 bits per heavy atom. The molecule has 0 saturated carbocycles. The van der Waals surface area contributed by atoms with Crippen LogP contribution in [0.4, 0.5) is 0 Å². The fraction of sp³-hybridized carbons (Fsp3) is 0.917. The van der Waals surface area contributed by atoms with Crippen LogP contribution in [0.5, 0.6) is 0 Å². The van der Waals surface area contributed by atoms with Crippen LogP contribution in [0.1, 0.15) is 33.6 Å². The van der Waals surface area contributed by atoms with E-state index in [1.807, 2.05) is 0 Å². The van der Waals surface area contributed by atoms with Gasteiger partial charge in [0.25, 0.3) is 0 Å². The summed E-state index contributed by atoms with van der Waals surface area (Å²) in [7, 11) is -3.27. The summed E-state index contributed by atoms with van der Waals surface area (Å²) in [6.45, 7) is 6.86. The molecule has 19 heavy (non-hydrogen) atoms. The third-order valence-corrected chi connectivity index (χ3v) is 4.14. The summed E-state index contributed by atoms with van der Waals surface area (Å²) in [5, 5.41) is 2.62. The first-order valence-corrected chi connectivity index (χ1v) is 8.40. The molecule has 6 nitrogen and oxygen atoms in total. The van der Waals surface area contributed by atoms with E-state index in [1.165, 1.54) is 0 Å². The lowest BCUT2D eigenvalue weighted by Gasteiger charge is -2.16. The van der Waals surface area contributed by atoms with Crippen molar-refractivity contribution in [1.82, 2.24) is 10.0 Å². The van der Waals surface area contributed by atoms with Crippen molar-refractivity contribution < 1.29 is 13.2 Å². The van der Waals surface area contributed by atoms with Crippen molar-refractivity contribution in [2.75, 3.05) is 25.4 Å². The number of rotatable bonds is 10. The summed E-state index contributed by atoms with van der Waals surface area (Å²) in [5.41, 5.74) is 5.62. The van der Waals surface area contributed by atoms with Crippen LogP contribution in [-0.2, 0) is 14.8 Å². The van der Waals surface area contributed by atoms with Gasteiger partial charge >= 0.3 is 0 Å². The molecule has 0 aliphatic heterocycles. The highest BCUT2D eigenvalue weighted by molar-refractivity contribution is 7.89. The summed E-state index contributed by atoms with van der Waals surface area (Å²) in [4.78, 5) is 11.7. The Bertz CT molecular complexity index is 355. The number of amides is 1. The minimum atomic E-state index is -3.27. The lowest BCUT2D eigenvalue weighted by atomic mass is 9.94. The Labute approximate surface area is 116 Å². The van der Waals surface area contributed by atoms with Crippen LogP contribution in [0.15, 0.2) is 0 Å². The van der Waals surface area contributed by atoms with E-state index in [9.17, 15) is 13.2 Å². The molecule has 0 fully saturated rings. The molecule has 0 radical (unpaired) electrons. The number of hydrogen-bond acceptors (Lipinski definition) is 4. The molecule has 0 rings (SSSR count). The zero-order chi connectivity index (χ0) is 14.9. The van der Waals surface area contributed by atoms with Crippen molar-refractivity contribution in [3.8, 4) is 0 Å². The average Bonchev–Trinajstić information content (AvgIpc) is 2.26. The van der Waals surface area contributed by atoms with Crippen molar-refractivity contribution in [2.24, 2.45) is 17.6 Å². The lowest BCUT2D eigenvalue weighted by molar-refractivity contribution is -0.121. The quantitative estimate of drug-likeness (QED) is 0.530. The normalized spacial score (nSPS) is 13.5. The van der Waals surface area contributed by atoms with Gasteiger partial charge in [0.05, 0.1) is 5.75 Å². The molecule has 4 N–H and O–H groups in total. The highest BCUT2D eigenvalue weighted by Crippen LogP contribution is 2.13. The topological polar surface area (TPSA) is 101 Å². The van der Waals surface area contributed by atoms with E-state index < -0.39 is 10.0 Å². The molecule has 0 aromatic heterocycles. The van der Waals surface area contributed by atoms with Gasteiger partial charge in [-0.1, -0.05) is 20.8 Å². The van der Waals surface area contributed by atoms with Gasteiger partial charge in [-0.05, 0) is 24.8 Å². The molecule has 0 spiro atoms. The van der Waals surface area contributed by atoms with Gasteiger partial charge in [0, 0.05) is 19.5 Å². The van der Waals surface area contributed by atoms with Gasteiger partial charge < -0.3 is 11.1 Å². The molecule has 7 heteroatoms. The molecular formula is C12H27N3O3S. The minimum Gasteiger partial charge on any atom is -0.355 e. The van der Waals surface area contributed by atoms with Crippen LogP contribution >= 0.6 is 0 Å². The lowest BCUT2D eigenvalue weighted by Crippen LogP contribution is -2.35. The van der Waals surface area contributed by atoms with E-state index in [2.05, 4.69) is 23.9 Å². The van der Waals surface area contributed by atoms with Crippen molar-refractivity contribution in [2.45, 2.75) is 33.6 Å². The molecule has 0 aromatic rings. The van der Waals surface area contributed by atoms with Crippen molar-refractivity contribution >= 4 is 15.9 Å². The molecule has 0 bridgehead atoms. The Morgan fingerprint density at radius 3 is 2.42 bits per heavy atom. The van der Waals surface area contributed by atoms with Crippen LogP contribution in [0.2, 0.25) is 0 Å². The van der Waals surface area contributed by atoms with Crippen LogP contribution in [0.3, 0.4) is 0 Å². The first kappa shape index (κ1) is 18.3. The molecule has 1 amide bonds. The predicted octanol–water partition coefficient (Wildman–Crippen LogP) is 0.0530. The minimum absolute atomic E-state index is 0.0932. The molecule has 0 heterocycles. The Morgan fingerprint density at radius 2 is 1.95 bits per heavy atom. The van der Waals surface area contributed by atoms with E-state index in [0.29, 0.717) is 25.4 Å². The van der Waals surface area contributed by atoms with E-state index in [1.54, 1.807) is 6.92 Å². The van der Waals surface area contributed by atoms with Crippen LogP contribution in [-0.4, -0.2) is 39.7 Å². The Balaban J connectivity index is 3.98. The summed E-state index contributed by atoms with van der Waals surface area (Å²) in [6.07, 6.45) is 1.26. The maximum atomic E-state index is 11.7. The van der Waals surface area contributed by atoms with Crippen LogP contribution < -0.4 is 15.8 Å². The van der Waals surface area contributed by atoms with E-state index in [4.69, 9.17) is 5.73 Å². The fourth-order valence-corrected chi connectivity index (χ4v) is 2.84. The van der Waals surface area contributed by atoms with E-state index >= 15 is 0 Å². The molecule has 0 aromatic carbocycles. The Kier molecular flexibility index (Phi) is 8.95. The third kappa shape index (κ3) is 9.86. The number of nitrogens with one attached hydrogen (secondary N) is 2. The van der Waals surface area contributed by atoms with Crippen molar-refractivity contribution in [3.05, 3.63) is 0 Å². The van der Waals surface area contributed by atoms with Gasteiger partial charge in [-0.3, -0.25) is 4.79 Å². The average molecular weight is 293 g/mol. The van der Waals surface area contributed by atoms with E-state index in [0.717, 1.165) is 6.42 Å². The number of sulfonamides is 1. The maximum absolute atomic E-state index is 11.7. The van der Waals surface area contributed by atoms with Gasteiger partial charge in [0.15, 0.2) is 0 Å². The predicted molar refractivity (Wildman–Crippen MR) is 77.1 cm³/mol. The van der Waals surface area contributed by atoms with Crippen LogP contribution in [0.25, 0.3) is 0 Å². The van der Waals surface area contributed by atoms with Gasteiger partial charge in [0.2, 0.25) is 15.9 Å².